The van der Waals surface area contributed by atoms with Gasteiger partial charge in [0.15, 0.2) is 5.82 Å². The lowest BCUT2D eigenvalue weighted by atomic mass is 9.95. The summed E-state index contributed by atoms with van der Waals surface area (Å²) in [5.41, 5.74) is 5.93. The second-order valence-corrected chi connectivity index (χ2v) is 4.54. The van der Waals surface area contributed by atoms with Crippen LogP contribution in [-0.2, 0) is 7.05 Å². The van der Waals surface area contributed by atoms with Crippen molar-refractivity contribution in [3.63, 3.8) is 0 Å². The van der Waals surface area contributed by atoms with Crippen molar-refractivity contribution >= 4 is 5.91 Å². The number of aryl methyl sites for hydroxylation is 1. The number of nitrogens with two attached hydrogens (primary N) is 1. The first-order valence-corrected chi connectivity index (χ1v) is 5.61. The lowest BCUT2D eigenvalue weighted by molar-refractivity contribution is 0.0648. The maximum absolute atomic E-state index is 12.1. The summed E-state index contributed by atoms with van der Waals surface area (Å²) in [6, 6.07) is 0.213. The SMILES string of the molecule is CC1CN(C(=O)c2nccn2C)CCC1N. The fraction of sp³-hybridized carbons (Fsp3) is 0.636. The van der Waals surface area contributed by atoms with Gasteiger partial charge in [-0.1, -0.05) is 6.92 Å². The molecule has 2 atom stereocenters. The van der Waals surface area contributed by atoms with Crippen LogP contribution in [0, 0.1) is 5.92 Å². The van der Waals surface area contributed by atoms with Gasteiger partial charge in [-0.25, -0.2) is 4.98 Å². The Balaban J connectivity index is 2.09. The Hall–Kier alpha value is -1.36. The Morgan fingerprint density at radius 3 is 2.94 bits per heavy atom. The number of likely N-dealkylation sites (tertiary alicyclic amines) is 1. The Bertz CT molecular complexity index is 387. The topological polar surface area (TPSA) is 64.2 Å². The highest BCUT2D eigenvalue weighted by molar-refractivity contribution is 5.90. The average Bonchev–Trinajstić information content (AvgIpc) is 2.67. The Labute approximate surface area is 95.2 Å². The Kier molecular flexibility index (Phi) is 2.96. The van der Waals surface area contributed by atoms with Crippen molar-refractivity contribution in [2.45, 2.75) is 19.4 Å². The molecule has 5 heteroatoms. The molecule has 1 aliphatic rings. The molecule has 0 spiro atoms. The van der Waals surface area contributed by atoms with Crippen LogP contribution in [0.25, 0.3) is 0 Å². The van der Waals surface area contributed by atoms with E-state index in [1.807, 2.05) is 11.9 Å². The number of carbonyl (C=O) groups excluding carboxylic acids is 1. The van der Waals surface area contributed by atoms with Crippen LogP contribution in [0.5, 0.6) is 0 Å². The molecule has 1 saturated heterocycles. The summed E-state index contributed by atoms with van der Waals surface area (Å²) < 4.78 is 1.75. The largest absolute Gasteiger partial charge is 0.336 e. The normalized spacial score (nSPS) is 25.8. The number of hydrogen-bond donors (Lipinski definition) is 1. The van der Waals surface area contributed by atoms with E-state index in [9.17, 15) is 4.79 Å². The molecule has 1 aromatic rings. The van der Waals surface area contributed by atoms with Crippen molar-refractivity contribution in [1.29, 1.82) is 0 Å². The summed E-state index contributed by atoms with van der Waals surface area (Å²) >= 11 is 0. The minimum absolute atomic E-state index is 0.00579. The number of rotatable bonds is 1. The second kappa shape index (κ2) is 4.25. The molecule has 1 aliphatic heterocycles. The summed E-state index contributed by atoms with van der Waals surface area (Å²) in [5, 5.41) is 0. The molecule has 0 bridgehead atoms. The average molecular weight is 222 g/mol. The summed E-state index contributed by atoms with van der Waals surface area (Å²) in [6.07, 6.45) is 4.30. The number of nitrogens with zero attached hydrogens (tertiary/aromatic N) is 3. The maximum atomic E-state index is 12.1. The summed E-state index contributed by atoms with van der Waals surface area (Å²) in [6.45, 7) is 3.55. The summed E-state index contributed by atoms with van der Waals surface area (Å²) in [4.78, 5) is 18.1. The van der Waals surface area contributed by atoms with Crippen LogP contribution in [0.2, 0.25) is 0 Å². The van der Waals surface area contributed by atoms with Gasteiger partial charge in [0.05, 0.1) is 0 Å². The van der Waals surface area contributed by atoms with E-state index in [2.05, 4.69) is 11.9 Å². The smallest absolute Gasteiger partial charge is 0.289 e. The van der Waals surface area contributed by atoms with E-state index in [0.717, 1.165) is 19.5 Å². The maximum Gasteiger partial charge on any atom is 0.289 e. The summed E-state index contributed by atoms with van der Waals surface area (Å²) in [7, 11) is 1.83. The molecule has 0 saturated carbocycles. The molecule has 5 nitrogen and oxygen atoms in total. The lowest BCUT2D eigenvalue weighted by Crippen LogP contribution is -2.48. The molecule has 2 unspecified atom stereocenters. The molecule has 0 aliphatic carbocycles. The molecule has 1 amide bonds. The van der Waals surface area contributed by atoms with Crippen LogP contribution in [0.3, 0.4) is 0 Å². The van der Waals surface area contributed by atoms with E-state index in [1.165, 1.54) is 0 Å². The van der Waals surface area contributed by atoms with Gasteiger partial charge in [-0.05, 0) is 12.3 Å². The third-order valence-electron chi connectivity index (χ3n) is 3.27. The van der Waals surface area contributed by atoms with Crippen molar-refractivity contribution in [1.82, 2.24) is 14.5 Å². The fourth-order valence-corrected chi connectivity index (χ4v) is 2.06. The van der Waals surface area contributed by atoms with Crippen LogP contribution in [0.4, 0.5) is 0 Å². The minimum Gasteiger partial charge on any atom is -0.336 e. The molecule has 2 rings (SSSR count). The van der Waals surface area contributed by atoms with E-state index >= 15 is 0 Å². The standard InChI is InChI=1S/C11H18N4O/c1-8-7-15(5-3-9(8)12)11(16)10-13-4-6-14(10)2/h4,6,8-9H,3,5,7,12H2,1-2H3. The predicted octanol–water partition coefficient (Wildman–Crippen LogP) is 0.229. The van der Waals surface area contributed by atoms with Crippen molar-refractivity contribution in [2.24, 2.45) is 18.7 Å². The Morgan fingerprint density at radius 2 is 2.38 bits per heavy atom. The number of imidazole rings is 1. The number of piperidine rings is 1. The molecule has 1 aromatic heterocycles. The van der Waals surface area contributed by atoms with Crippen LogP contribution in [-0.4, -0.2) is 39.5 Å². The monoisotopic (exact) mass is 222 g/mol. The number of amides is 1. The third-order valence-corrected chi connectivity index (χ3v) is 3.27. The highest BCUT2D eigenvalue weighted by Gasteiger charge is 2.28. The second-order valence-electron chi connectivity index (χ2n) is 4.54. The molecule has 16 heavy (non-hydrogen) atoms. The van der Waals surface area contributed by atoms with Gasteiger partial charge in [-0.2, -0.15) is 0 Å². The van der Waals surface area contributed by atoms with Gasteiger partial charge in [0.2, 0.25) is 0 Å². The zero-order valence-electron chi connectivity index (χ0n) is 9.76. The zero-order chi connectivity index (χ0) is 11.7. The van der Waals surface area contributed by atoms with E-state index in [0.29, 0.717) is 11.7 Å². The molecular weight excluding hydrogens is 204 g/mol. The van der Waals surface area contributed by atoms with Crippen molar-refractivity contribution < 1.29 is 4.79 Å². The molecular formula is C11H18N4O. The van der Waals surface area contributed by atoms with Crippen LogP contribution >= 0.6 is 0 Å². The van der Waals surface area contributed by atoms with Crippen LogP contribution in [0.1, 0.15) is 24.0 Å². The van der Waals surface area contributed by atoms with Crippen molar-refractivity contribution in [2.75, 3.05) is 13.1 Å². The van der Waals surface area contributed by atoms with Gasteiger partial charge in [0.1, 0.15) is 0 Å². The highest BCUT2D eigenvalue weighted by Crippen LogP contribution is 2.16. The Morgan fingerprint density at radius 1 is 1.62 bits per heavy atom. The van der Waals surface area contributed by atoms with Gasteiger partial charge in [-0.15, -0.1) is 0 Å². The van der Waals surface area contributed by atoms with Gasteiger partial charge >= 0.3 is 0 Å². The third kappa shape index (κ3) is 1.95. The molecule has 0 radical (unpaired) electrons. The van der Waals surface area contributed by atoms with Gasteiger partial charge in [0.25, 0.3) is 5.91 Å². The zero-order valence-corrected chi connectivity index (χ0v) is 9.76. The van der Waals surface area contributed by atoms with Gasteiger partial charge in [0, 0.05) is 38.6 Å². The first kappa shape index (κ1) is 11.1. The van der Waals surface area contributed by atoms with E-state index in [-0.39, 0.29) is 11.9 Å². The number of hydrogen-bond acceptors (Lipinski definition) is 3. The van der Waals surface area contributed by atoms with Gasteiger partial charge in [-0.3, -0.25) is 4.79 Å². The predicted molar refractivity (Wildman–Crippen MR) is 60.9 cm³/mol. The van der Waals surface area contributed by atoms with Gasteiger partial charge < -0.3 is 15.2 Å². The van der Waals surface area contributed by atoms with Crippen LogP contribution < -0.4 is 5.73 Å². The summed E-state index contributed by atoms with van der Waals surface area (Å²) in [5.74, 6) is 0.867. The lowest BCUT2D eigenvalue weighted by Gasteiger charge is -2.34. The molecule has 1 fully saturated rings. The quantitative estimate of drug-likeness (QED) is 0.739. The van der Waals surface area contributed by atoms with E-state index in [4.69, 9.17) is 5.73 Å². The number of carbonyl (C=O) groups is 1. The van der Waals surface area contributed by atoms with Crippen LogP contribution in [0.15, 0.2) is 12.4 Å². The first-order chi connectivity index (χ1) is 7.59. The van der Waals surface area contributed by atoms with E-state index in [1.54, 1.807) is 17.0 Å². The molecule has 0 aromatic carbocycles. The molecule has 2 heterocycles. The fourth-order valence-electron chi connectivity index (χ4n) is 2.06. The van der Waals surface area contributed by atoms with Crippen molar-refractivity contribution in [3.8, 4) is 0 Å². The minimum atomic E-state index is 0.00579. The molecule has 88 valence electrons. The van der Waals surface area contributed by atoms with E-state index < -0.39 is 0 Å². The number of aromatic nitrogens is 2. The molecule has 2 N–H and O–H groups in total. The first-order valence-electron chi connectivity index (χ1n) is 5.61. The van der Waals surface area contributed by atoms with Crippen molar-refractivity contribution in [3.05, 3.63) is 18.2 Å². The highest BCUT2D eigenvalue weighted by atomic mass is 16.2.